The third kappa shape index (κ3) is 4.49. The second kappa shape index (κ2) is 7.72. The lowest BCUT2D eigenvalue weighted by Gasteiger charge is -2.15. The Morgan fingerprint density at radius 1 is 1.07 bits per heavy atom. The van der Waals surface area contributed by atoms with Crippen molar-refractivity contribution in [3.05, 3.63) is 82.0 Å². The van der Waals surface area contributed by atoms with Crippen molar-refractivity contribution in [1.29, 1.82) is 0 Å². The molecule has 1 heterocycles. The Morgan fingerprint density at radius 2 is 1.83 bits per heavy atom. The Balaban J connectivity index is 1.56. The van der Waals surface area contributed by atoms with E-state index >= 15 is 0 Å². The molecule has 2 N–H and O–H groups in total. The lowest BCUT2D eigenvalue weighted by Crippen LogP contribution is -2.18. The number of hydrogen-bond acceptors (Lipinski definition) is 4. The van der Waals surface area contributed by atoms with E-state index in [2.05, 4.69) is 4.98 Å². The van der Waals surface area contributed by atoms with Gasteiger partial charge in [-0.25, -0.2) is 4.39 Å². The van der Waals surface area contributed by atoms with E-state index in [9.17, 15) is 14.3 Å². The molecule has 1 aromatic heterocycles. The summed E-state index contributed by atoms with van der Waals surface area (Å²) in [5, 5.41) is 9.95. The largest absolute Gasteiger partial charge is 0.490 e. The molecule has 0 aliphatic heterocycles. The smallest absolute Gasteiger partial charge is 0.259 e. The van der Waals surface area contributed by atoms with Crippen LogP contribution < -0.4 is 15.0 Å². The van der Waals surface area contributed by atoms with E-state index in [0.717, 1.165) is 24.0 Å². The van der Waals surface area contributed by atoms with Crippen LogP contribution in [-0.2, 0) is 6.61 Å². The van der Waals surface area contributed by atoms with Gasteiger partial charge in [0, 0.05) is 6.20 Å². The van der Waals surface area contributed by atoms with Crippen LogP contribution in [0, 0.1) is 12.7 Å². The molecule has 6 heteroatoms. The molecule has 0 atom stereocenters. The topological polar surface area (TPSA) is 71.6 Å². The molecule has 0 radical (unpaired) electrons. The number of aromatic amines is 1. The van der Waals surface area contributed by atoms with Crippen LogP contribution in [0.4, 0.5) is 4.39 Å². The monoisotopic (exact) mass is 395 g/mol. The van der Waals surface area contributed by atoms with Gasteiger partial charge >= 0.3 is 0 Å². The standard InChI is InChI=1S/C23H22FNO4/c1-15-12-17(4-7-19(15)29-14-23(27)9-10-23)21-20(8-11-25-22(21)26)28-13-16-2-5-18(24)6-3-16/h2-8,11-12,27H,9-10,13-14H2,1H3,(H,25,26). The summed E-state index contributed by atoms with van der Waals surface area (Å²) < 4.78 is 24.7. The van der Waals surface area contributed by atoms with Crippen molar-refractivity contribution >= 4 is 0 Å². The first-order chi connectivity index (χ1) is 13.9. The van der Waals surface area contributed by atoms with Crippen molar-refractivity contribution in [1.82, 2.24) is 4.98 Å². The van der Waals surface area contributed by atoms with Crippen molar-refractivity contribution < 1.29 is 19.0 Å². The molecule has 29 heavy (non-hydrogen) atoms. The number of aromatic nitrogens is 1. The Kier molecular flexibility index (Phi) is 5.11. The molecule has 150 valence electrons. The molecule has 1 aliphatic carbocycles. The van der Waals surface area contributed by atoms with E-state index in [1.165, 1.54) is 18.3 Å². The zero-order valence-corrected chi connectivity index (χ0v) is 16.1. The van der Waals surface area contributed by atoms with Crippen LogP contribution in [0.5, 0.6) is 11.5 Å². The van der Waals surface area contributed by atoms with E-state index in [1.54, 1.807) is 30.3 Å². The van der Waals surface area contributed by atoms with Gasteiger partial charge < -0.3 is 19.6 Å². The summed E-state index contributed by atoms with van der Waals surface area (Å²) in [5.74, 6) is 0.811. The first-order valence-corrected chi connectivity index (χ1v) is 9.49. The Morgan fingerprint density at radius 3 is 2.52 bits per heavy atom. The number of rotatable bonds is 7. The SMILES string of the molecule is Cc1cc(-c2c(OCc3ccc(F)cc3)cc[nH]c2=O)ccc1OCC1(O)CC1. The summed E-state index contributed by atoms with van der Waals surface area (Å²) in [6, 6.07) is 13.2. The van der Waals surface area contributed by atoms with Crippen LogP contribution in [0.25, 0.3) is 11.1 Å². The molecule has 0 amide bonds. The van der Waals surface area contributed by atoms with Crippen LogP contribution >= 0.6 is 0 Å². The Bertz CT molecular complexity index is 1070. The first kappa shape index (κ1) is 19.2. The molecule has 1 saturated carbocycles. The number of hydrogen-bond donors (Lipinski definition) is 2. The second-order valence-corrected chi connectivity index (χ2v) is 7.45. The number of H-pyrrole nitrogens is 1. The number of halogens is 1. The summed E-state index contributed by atoms with van der Waals surface area (Å²) in [5.41, 5.74) is 1.83. The maximum absolute atomic E-state index is 13.1. The van der Waals surface area contributed by atoms with E-state index in [1.807, 2.05) is 13.0 Å². The van der Waals surface area contributed by atoms with Gasteiger partial charge in [0.15, 0.2) is 0 Å². The average molecular weight is 395 g/mol. The molecule has 0 spiro atoms. The van der Waals surface area contributed by atoms with Gasteiger partial charge in [0.1, 0.15) is 30.5 Å². The first-order valence-electron chi connectivity index (χ1n) is 9.49. The summed E-state index contributed by atoms with van der Waals surface area (Å²) in [6.45, 7) is 2.38. The maximum atomic E-state index is 13.1. The third-order valence-electron chi connectivity index (χ3n) is 5.02. The molecule has 5 nitrogen and oxygen atoms in total. The number of nitrogens with one attached hydrogen (secondary N) is 1. The number of benzene rings is 2. The fourth-order valence-corrected chi connectivity index (χ4v) is 3.06. The molecule has 4 rings (SSSR count). The summed E-state index contributed by atoms with van der Waals surface area (Å²) in [7, 11) is 0. The van der Waals surface area contributed by atoms with Crippen LogP contribution in [0.15, 0.2) is 59.5 Å². The minimum atomic E-state index is -0.691. The zero-order chi connectivity index (χ0) is 20.4. The van der Waals surface area contributed by atoms with Gasteiger partial charge in [-0.3, -0.25) is 4.79 Å². The second-order valence-electron chi connectivity index (χ2n) is 7.45. The molecule has 0 saturated heterocycles. The van der Waals surface area contributed by atoms with Gasteiger partial charge in [-0.1, -0.05) is 18.2 Å². The summed E-state index contributed by atoms with van der Waals surface area (Å²) in [6.07, 6.45) is 3.06. The van der Waals surface area contributed by atoms with Crippen LogP contribution in [-0.4, -0.2) is 22.3 Å². The van der Waals surface area contributed by atoms with Crippen LogP contribution in [0.3, 0.4) is 0 Å². The van der Waals surface area contributed by atoms with Crippen LogP contribution in [0.2, 0.25) is 0 Å². The fourth-order valence-electron chi connectivity index (χ4n) is 3.06. The van der Waals surface area contributed by atoms with Gasteiger partial charge in [0.25, 0.3) is 5.56 Å². The normalized spacial score (nSPS) is 14.4. The number of aryl methyl sites for hydroxylation is 1. The minimum Gasteiger partial charge on any atom is -0.490 e. The van der Waals surface area contributed by atoms with E-state index < -0.39 is 5.60 Å². The van der Waals surface area contributed by atoms with Gasteiger partial charge in [0.05, 0.1) is 11.2 Å². The third-order valence-corrected chi connectivity index (χ3v) is 5.02. The minimum absolute atomic E-state index is 0.218. The quantitative estimate of drug-likeness (QED) is 0.635. The maximum Gasteiger partial charge on any atom is 0.259 e. The van der Waals surface area contributed by atoms with Gasteiger partial charge in [-0.05, 0) is 66.8 Å². The number of aliphatic hydroxyl groups is 1. The van der Waals surface area contributed by atoms with Crippen LogP contribution in [0.1, 0.15) is 24.0 Å². The molecule has 2 aromatic carbocycles. The average Bonchev–Trinajstić information content (AvgIpc) is 3.44. The Hall–Kier alpha value is -3.12. The van der Waals surface area contributed by atoms with E-state index in [4.69, 9.17) is 9.47 Å². The molecule has 3 aromatic rings. The summed E-state index contributed by atoms with van der Waals surface area (Å²) in [4.78, 5) is 15.2. The Labute approximate surface area is 167 Å². The highest BCUT2D eigenvalue weighted by Gasteiger charge is 2.41. The number of pyridine rings is 1. The predicted octanol–water partition coefficient (Wildman–Crippen LogP) is 3.97. The van der Waals surface area contributed by atoms with Gasteiger partial charge in [-0.15, -0.1) is 0 Å². The van der Waals surface area contributed by atoms with E-state index in [0.29, 0.717) is 22.6 Å². The molecule has 0 unspecified atom stereocenters. The van der Waals surface area contributed by atoms with Gasteiger partial charge in [-0.2, -0.15) is 0 Å². The molecular weight excluding hydrogens is 373 g/mol. The highest BCUT2D eigenvalue weighted by Crippen LogP contribution is 2.36. The fraction of sp³-hybridized carbons (Fsp3) is 0.261. The molecule has 1 aliphatic rings. The molecule has 0 bridgehead atoms. The lowest BCUT2D eigenvalue weighted by atomic mass is 10.0. The molecular formula is C23H22FNO4. The highest BCUT2D eigenvalue weighted by molar-refractivity contribution is 5.70. The predicted molar refractivity (Wildman–Crippen MR) is 108 cm³/mol. The van der Waals surface area contributed by atoms with Crippen molar-refractivity contribution in [2.45, 2.75) is 32.0 Å². The lowest BCUT2D eigenvalue weighted by molar-refractivity contribution is 0.0853. The van der Waals surface area contributed by atoms with Crippen molar-refractivity contribution in [3.63, 3.8) is 0 Å². The summed E-state index contributed by atoms with van der Waals surface area (Å²) >= 11 is 0. The number of ether oxygens (including phenoxy) is 2. The van der Waals surface area contributed by atoms with Crippen molar-refractivity contribution in [2.75, 3.05) is 6.61 Å². The van der Waals surface area contributed by atoms with Crippen molar-refractivity contribution in [3.8, 4) is 22.6 Å². The van der Waals surface area contributed by atoms with Crippen molar-refractivity contribution in [2.24, 2.45) is 0 Å². The molecule has 1 fully saturated rings. The van der Waals surface area contributed by atoms with Gasteiger partial charge in [0.2, 0.25) is 0 Å². The highest BCUT2D eigenvalue weighted by atomic mass is 19.1. The zero-order valence-electron chi connectivity index (χ0n) is 16.1. The van der Waals surface area contributed by atoms with E-state index in [-0.39, 0.29) is 24.6 Å².